The third kappa shape index (κ3) is 3.11. The Morgan fingerprint density at radius 2 is 2.00 bits per heavy atom. The summed E-state index contributed by atoms with van der Waals surface area (Å²) in [5.74, 6) is 2.42. The van der Waals surface area contributed by atoms with E-state index in [4.69, 9.17) is 5.73 Å². The third-order valence-electron chi connectivity index (χ3n) is 2.67. The molecule has 1 aliphatic heterocycles. The van der Waals surface area contributed by atoms with Crippen molar-refractivity contribution in [2.45, 2.75) is 26.7 Å². The highest BCUT2D eigenvalue weighted by molar-refractivity contribution is 4.77. The average Bonchev–Trinajstić information content (AvgIpc) is 2.03. The Hall–Kier alpha value is -0.0800. The van der Waals surface area contributed by atoms with Gasteiger partial charge in [0, 0.05) is 0 Å². The molecule has 0 aromatic heterocycles. The van der Waals surface area contributed by atoms with Crippen LogP contribution in [-0.2, 0) is 0 Å². The van der Waals surface area contributed by atoms with E-state index in [2.05, 4.69) is 19.2 Å². The normalized spacial score (nSPS) is 31.0. The number of hydrogen-bond donors (Lipinski definition) is 2. The molecule has 0 aromatic carbocycles. The van der Waals surface area contributed by atoms with Crippen LogP contribution in [0.15, 0.2) is 0 Å². The van der Waals surface area contributed by atoms with Crippen molar-refractivity contribution in [2.24, 2.45) is 23.5 Å². The van der Waals surface area contributed by atoms with Gasteiger partial charge in [-0.1, -0.05) is 13.8 Å². The zero-order valence-corrected chi connectivity index (χ0v) is 8.34. The Morgan fingerprint density at radius 1 is 1.33 bits per heavy atom. The van der Waals surface area contributed by atoms with Crippen molar-refractivity contribution in [1.82, 2.24) is 5.32 Å². The zero-order chi connectivity index (χ0) is 8.97. The highest BCUT2D eigenvalue weighted by Gasteiger charge is 2.20. The number of nitrogens with one attached hydrogen (secondary N) is 1. The van der Waals surface area contributed by atoms with Crippen molar-refractivity contribution in [3.63, 3.8) is 0 Å². The van der Waals surface area contributed by atoms with E-state index in [0.29, 0.717) is 0 Å². The Bertz CT molecular complexity index is 123. The van der Waals surface area contributed by atoms with E-state index in [9.17, 15) is 0 Å². The summed E-state index contributed by atoms with van der Waals surface area (Å²) < 4.78 is 0. The lowest BCUT2D eigenvalue weighted by Gasteiger charge is -2.30. The molecule has 0 amide bonds. The maximum absolute atomic E-state index is 5.66. The lowest BCUT2D eigenvalue weighted by atomic mass is 9.85. The van der Waals surface area contributed by atoms with Gasteiger partial charge in [-0.3, -0.25) is 0 Å². The highest BCUT2D eigenvalue weighted by atomic mass is 14.9. The van der Waals surface area contributed by atoms with Crippen molar-refractivity contribution in [2.75, 3.05) is 19.6 Å². The minimum Gasteiger partial charge on any atom is -0.330 e. The molecular formula is C10H22N2. The van der Waals surface area contributed by atoms with Crippen LogP contribution in [0.3, 0.4) is 0 Å². The lowest BCUT2D eigenvalue weighted by molar-refractivity contribution is 0.258. The van der Waals surface area contributed by atoms with Crippen LogP contribution in [0.25, 0.3) is 0 Å². The summed E-state index contributed by atoms with van der Waals surface area (Å²) in [5.41, 5.74) is 5.66. The third-order valence-corrected chi connectivity index (χ3v) is 2.67. The predicted octanol–water partition coefficient (Wildman–Crippen LogP) is 1.22. The van der Waals surface area contributed by atoms with Gasteiger partial charge in [0.1, 0.15) is 0 Å². The van der Waals surface area contributed by atoms with E-state index in [-0.39, 0.29) is 0 Å². The molecule has 12 heavy (non-hydrogen) atoms. The molecule has 1 fully saturated rings. The number of rotatable bonds is 3. The minimum atomic E-state index is 0.725. The van der Waals surface area contributed by atoms with Gasteiger partial charge in [-0.05, 0) is 50.2 Å². The molecule has 1 saturated heterocycles. The van der Waals surface area contributed by atoms with Crippen LogP contribution in [0.2, 0.25) is 0 Å². The van der Waals surface area contributed by atoms with Crippen molar-refractivity contribution in [3.8, 4) is 0 Å². The van der Waals surface area contributed by atoms with Gasteiger partial charge in [-0.15, -0.1) is 0 Å². The van der Waals surface area contributed by atoms with Crippen molar-refractivity contribution in [3.05, 3.63) is 0 Å². The molecule has 3 N–H and O–H groups in total. The molecule has 0 spiro atoms. The predicted molar refractivity (Wildman–Crippen MR) is 53.0 cm³/mol. The lowest BCUT2D eigenvalue weighted by Crippen LogP contribution is -2.39. The molecule has 0 radical (unpaired) electrons. The topological polar surface area (TPSA) is 38.0 Å². The molecule has 0 aromatic rings. The summed E-state index contributed by atoms with van der Waals surface area (Å²) in [6.07, 6.45) is 2.69. The maximum atomic E-state index is 5.66. The largest absolute Gasteiger partial charge is 0.330 e. The second-order valence-corrected chi connectivity index (χ2v) is 4.49. The van der Waals surface area contributed by atoms with E-state index < -0.39 is 0 Å². The van der Waals surface area contributed by atoms with Crippen LogP contribution in [-0.4, -0.2) is 19.6 Å². The molecule has 0 aliphatic carbocycles. The first kappa shape index (κ1) is 10.0. The monoisotopic (exact) mass is 170 g/mol. The first-order valence-corrected chi connectivity index (χ1v) is 5.13. The summed E-state index contributed by atoms with van der Waals surface area (Å²) in [4.78, 5) is 0. The SMILES string of the molecule is CC(C)CC1CNCC(CN)C1. The van der Waals surface area contributed by atoms with Crippen molar-refractivity contribution >= 4 is 0 Å². The fourth-order valence-corrected chi connectivity index (χ4v) is 2.16. The van der Waals surface area contributed by atoms with Crippen molar-refractivity contribution in [1.29, 1.82) is 0 Å². The summed E-state index contributed by atoms with van der Waals surface area (Å²) in [6.45, 7) is 7.78. The second kappa shape index (κ2) is 4.83. The molecule has 2 nitrogen and oxygen atoms in total. The van der Waals surface area contributed by atoms with E-state index in [1.54, 1.807) is 0 Å². The molecule has 0 bridgehead atoms. The maximum Gasteiger partial charge on any atom is -0.000823 e. The molecule has 2 unspecified atom stereocenters. The summed E-state index contributed by atoms with van der Waals surface area (Å²) in [6, 6.07) is 0. The number of hydrogen-bond acceptors (Lipinski definition) is 2. The first-order valence-electron chi connectivity index (χ1n) is 5.13. The van der Waals surface area contributed by atoms with Crippen molar-refractivity contribution < 1.29 is 0 Å². The van der Waals surface area contributed by atoms with Crippen LogP contribution >= 0.6 is 0 Å². The van der Waals surface area contributed by atoms with Crippen LogP contribution in [0.5, 0.6) is 0 Å². The summed E-state index contributed by atoms with van der Waals surface area (Å²) in [5, 5.41) is 3.46. The fourth-order valence-electron chi connectivity index (χ4n) is 2.16. The van der Waals surface area contributed by atoms with Gasteiger partial charge >= 0.3 is 0 Å². The van der Waals surface area contributed by atoms with E-state index >= 15 is 0 Å². The Labute approximate surface area is 75.9 Å². The first-order chi connectivity index (χ1) is 5.72. The molecule has 0 saturated carbocycles. The molecule has 72 valence electrons. The standard InChI is InChI=1S/C10H22N2/c1-8(2)3-9-4-10(5-11)7-12-6-9/h8-10,12H,3-7,11H2,1-2H3. The van der Waals surface area contributed by atoms with Gasteiger partial charge in [-0.2, -0.15) is 0 Å². The quantitative estimate of drug-likeness (QED) is 0.668. The Balaban J connectivity index is 2.25. The van der Waals surface area contributed by atoms with E-state index in [0.717, 1.165) is 30.8 Å². The Morgan fingerprint density at radius 3 is 2.58 bits per heavy atom. The molecular weight excluding hydrogens is 148 g/mol. The highest BCUT2D eigenvalue weighted by Crippen LogP contribution is 2.21. The molecule has 1 aliphatic rings. The smallest absolute Gasteiger partial charge is 0.000823 e. The van der Waals surface area contributed by atoms with Gasteiger partial charge in [0.2, 0.25) is 0 Å². The number of nitrogens with two attached hydrogens (primary N) is 1. The number of piperidine rings is 1. The fraction of sp³-hybridized carbons (Fsp3) is 1.00. The van der Waals surface area contributed by atoms with Gasteiger partial charge in [0.25, 0.3) is 0 Å². The van der Waals surface area contributed by atoms with Crippen LogP contribution in [0, 0.1) is 17.8 Å². The van der Waals surface area contributed by atoms with Gasteiger partial charge in [0.05, 0.1) is 0 Å². The van der Waals surface area contributed by atoms with Crippen LogP contribution < -0.4 is 11.1 Å². The van der Waals surface area contributed by atoms with Gasteiger partial charge in [-0.25, -0.2) is 0 Å². The Kier molecular flexibility index (Phi) is 4.02. The molecule has 1 heterocycles. The molecule has 2 heteroatoms. The van der Waals surface area contributed by atoms with E-state index in [1.807, 2.05) is 0 Å². The van der Waals surface area contributed by atoms with E-state index in [1.165, 1.54) is 19.4 Å². The van der Waals surface area contributed by atoms with Crippen LogP contribution in [0.1, 0.15) is 26.7 Å². The second-order valence-electron chi connectivity index (χ2n) is 4.49. The van der Waals surface area contributed by atoms with Gasteiger partial charge < -0.3 is 11.1 Å². The van der Waals surface area contributed by atoms with Gasteiger partial charge in [0.15, 0.2) is 0 Å². The summed E-state index contributed by atoms with van der Waals surface area (Å²) in [7, 11) is 0. The summed E-state index contributed by atoms with van der Waals surface area (Å²) >= 11 is 0. The molecule has 1 rings (SSSR count). The molecule has 2 atom stereocenters. The average molecular weight is 170 g/mol. The zero-order valence-electron chi connectivity index (χ0n) is 8.34. The minimum absolute atomic E-state index is 0.725. The van der Waals surface area contributed by atoms with Crippen LogP contribution in [0.4, 0.5) is 0 Å².